The highest BCUT2D eigenvalue weighted by molar-refractivity contribution is 8.45. The van der Waals surface area contributed by atoms with Gasteiger partial charge in [0.15, 0.2) is 4.90 Å². The molecule has 0 saturated carbocycles. The van der Waals surface area contributed by atoms with Crippen LogP contribution >= 0.6 is 10.2 Å². The van der Waals surface area contributed by atoms with Gasteiger partial charge in [0.25, 0.3) is 0 Å². The molecule has 0 radical (unpaired) electrons. The molecule has 0 aliphatic rings. The highest BCUT2D eigenvalue weighted by Gasteiger charge is 2.68. The fraction of sp³-hybridized carbons (Fsp3) is 0.133. The van der Waals surface area contributed by atoms with Crippen LogP contribution in [0.25, 0.3) is 28.1 Å². The largest absolute Gasteiger partial charge is 0.469 e. The highest BCUT2D eigenvalue weighted by Crippen LogP contribution is 3.02. The van der Waals surface area contributed by atoms with Gasteiger partial charge in [-0.1, -0.05) is 68.0 Å². The predicted molar refractivity (Wildman–Crippen MR) is 143 cm³/mol. The molecule has 0 heterocycles. The summed E-state index contributed by atoms with van der Waals surface area (Å²) in [4.78, 5) is -3.23. The smallest absolute Gasteiger partial charge is 0.315 e. The second-order valence-electron chi connectivity index (χ2n) is 9.46. The van der Waals surface area contributed by atoms with Crippen LogP contribution < -0.4 is 0 Å². The molecule has 0 N–H and O–H groups in total. The summed E-state index contributed by atoms with van der Waals surface area (Å²) in [6, 6.07) is 12.0. The zero-order chi connectivity index (χ0) is 31.8. The minimum atomic E-state index is -10.6. The van der Waals surface area contributed by atoms with Crippen LogP contribution in [-0.4, -0.2) is 6.61 Å². The van der Waals surface area contributed by atoms with E-state index in [4.69, 9.17) is 0 Å². The van der Waals surface area contributed by atoms with E-state index in [1.165, 1.54) is 55.5 Å². The molecule has 0 fully saturated rings. The first kappa shape index (κ1) is 31.9. The molecule has 1 nitrogen and oxygen atoms in total. The number of hydrogen-bond acceptors (Lipinski definition) is 1. The molecule has 0 atom stereocenters. The molecule has 0 aliphatic carbocycles. The molecule has 0 bridgehead atoms. The van der Waals surface area contributed by atoms with Gasteiger partial charge in [-0.3, -0.25) is 0 Å². The quantitative estimate of drug-likeness (QED) is 0.131. The number of aryl methyl sites for hydroxylation is 2. The fourth-order valence-corrected chi connectivity index (χ4v) is 5.22. The van der Waals surface area contributed by atoms with Crippen LogP contribution in [0.3, 0.4) is 0 Å². The molecular weight excluding hydrogens is 617 g/mol. The van der Waals surface area contributed by atoms with Gasteiger partial charge in [0.05, 0.1) is 6.61 Å². The van der Waals surface area contributed by atoms with Gasteiger partial charge in [-0.25, -0.2) is 17.6 Å². The number of halogens is 11. The normalized spacial score (nSPS) is 14.1. The number of benzene rings is 4. The lowest BCUT2D eigenvalue weighted by Gasteiger charge is -2.40. The van der Waals surface area contributed by atoms with Crippen molar-refractivity contribution in [1.82, 2.24) is 0 Å². The average Bonchev–Trinajstić information content (AvgIpc) is 2.90. The molecule has 0 amide bonds. The lowest BCUT2D eigenvalue weighted by atomic mass is 9.97. The molecule has 4 rings (SSSR count). The van der Waals surface area contributed by atoms with Crippen molar-refractivity contribution < 1.29 is 50.5 Å². The third-order valence-corrected chi connectivity index (χ3v) is 7.54. The van der Waals surface area contributed by atoms with Crippen LogP contribution in [0.5, 0.6) is 0 Å². The summed E-state index contributed by atoms with van der Waals surface area (Å²) in [5.41, 5.74) is 0.471. The molecular formula is C30H21F11OS. The average molecular weight is 639 g/mol. The second-order valence-corrected chi connectivity index (χ2v) is 11.8. The maximum absolute atomic E-state index is 15.0. The van der Waals surface area contributed by atoms with Crippen LogP contribution in [0.2, 0.25) is 0 Å². The molecule has 4 aromatic rings. The molecule has 0 aromatic heterocycles. The first-order valence-corrected chi connectivity index (χ1v) is 14.4. The van der Waals surface area contributed by atoms with E-state index in [0.29, 0.717) is 11.1 Å². The van der Waals surface area contributed by atoms with Gasteiger partial charge < -0.3 is 4.74 Å². The number of ether oxygens (including phenoxy) is 1. The summed E-state index contributed by atoms with van der Waals surface area (Å²) in [5.74, 6) is -7.73. The van der Waals surface area contributed by atoms with E-state index < -0.39 is 55.8 Å². The molecule has 43 heavy (non-hydrogen) atoms. The third kappa shape index (κ3) is 7.32. The van der Waals surface area contributed by atoms with Crippen molar-refractivity contribution >= 4 is 16.1 Å². The first-order chi connectivity index (χ1) is 19.9. The lowest BCUT2D eigenvalue weighted by Crippen LogP contribution is -2.12. The van der Waals surface area contributed by atoms with E-state index in [0.717, 1.165) is 12.1 Å². The van der Waals surface area contributed by atoms with Crippen LogP contribution in [-0.2, 0) is 17.6 Å². The second kappa shape index (κ2) is 10.9. The van der Waals surface area contributed by atoms with Crippen molar-refractivity contribution in [3.05, 3.63) is 119 Å². The van der Waals surface area contributed by atoms with Gasteiger partial charge in [-0.05, 0) is 71.8 Å². The molecule has 4 aromatic carbocycles. The Hall–Kier alpha value is -4.00. The van der Waals surface area contributed by atoms with E-state index >= 15 is 4.39 Å². The third-order valence-electron chi connectivity index (χ3n) is 6.38. The Balaban J connectivity index is 1.51. The Morgan fingerprint density at radius 3 is 1.72 bits per heavy atom. The summed E-state index contributed by atoms with van der Waals surface area (Å²) < 4.78 is 154. The van der Waals surface area contributed by atoms with Crippen molar-refractivity contribution in [3.8, 4) is 22.3 Å². The van der Waals surface area contributed by atoms with Gasteiger partial charge in [-0.2, -0.15) is 8.78 Å². The van der Waals surface area contributed by atoms with Crippen molar-refractivity contribution in [3.63, 3.8) is 0 Å². The Kier molecular flexibility index (Phi) is 8.11. The van der Waals surface area contributed by atoms with Crippen LogP contribution in [0.15, 0.2) is 83.7 Å². The Bertz CT molecular complexity index is 1690. The van der Waals surface area contributed by atoms with Gasteiger partial charge in [-0.15, -0.1) is 0 Å². The summed E-state index contributed by atoms with van der Waals surface area (Å²) in [6.07, 6.45) is -0.646. The molecule has 13 heteroatoms. The van der Waals surface area contributed by atoms with Gasteiger partial charge in [0.1, 0.15) is 23.3 Å². The SMILES string of the molecule is CCOC(F)=C(F)c1ccc(-c2ccc(-c3ccc(CCc4cc(F)c(S(F)(F)(F)(F)F)c(F)c4)c(F)c3)c(F)c2)cc1. The van der Waals surface area contributed by atoms with E-state index in [9.17, 15) is 41.4 Å². The van der Waals surface area contributed by atoms with Gasteiger partial charge in [0.2, 0.25) is 5.83 Å². The molecule has 230 valence electrons. The summed E-state index contributed by atoms with van der Waals surface area (Å²) in [6.45, 7) is 1.43. The maximum Gasteiger partial charge on any atom is 0.315 e. The molecule has 0 aliphatic heterocycles. The maximum atomic E-state index is 15.0. The predicted octanol–water partition coefficient (Wildman–Crippen LogP) is 11.6. The van der Waals surface area contributed by atoms with Crippen LogP contribution in [0.4, 0.5) is 45.8 Å². The zero-order valence-corrected chi connectivity index (χ0v) is 22.8. The van der Waals surface area contributed by atoms with E-state index in [1.807, 2.05) is 0 Å². The Labute approximate surface area is 239 Å². The van der Waals surface area contributed by atoms with Crippen molar-refractivity contribution in [2.24, 2.45) is 0 Å². The van der Waals surface area contributed by atoms with Crippen LogP contribution in [0, 0.1) is 23.3 Å². The standard InChI is InChI=1S/C30H21F11OS/c1-2-42-30(36)28(35)20-8-5-18(6-9-20)21-11-12-23(25(32)15-21)22-10-7-19(24(31)16-22)4-3-17-13-26(33)29(27(34)14-17)43(37,38,39,40)41/h5-16H,2-4H2,1H3. The van der Waals surface area contributed by atoms with E-state index in [-0.39, 0.29) is 53.8 Å². The number of rotatable bonds is 9. The molecule has 0 unspecified atom stereocenters. The first-order valence-electron chi connectivity index (χ1n) is 12.5. The van der Waals surface area contributed by atoms with E-state index in [1.54, 1.807) is 0 Å². The minimum Gasteiger partial charge on any atom is -0.469 e. The van der Waals surface area contributed by atoms with Crippen molar-refractivity contribution in [2.45, 2.75) is 24.7 Å². The van der Waals surface area contributed by atoms with Crippen molar-refractivity contribution in [1.29, 1.82) is 0 Å². The zero-order valence-electron chi connectivity index (χ0n) is 22.0. The monoisotopic (exact) mass is 638 g/mol. The summed E-state index contributed by atoms with van der Waals surface area (Å²) in [7, 11) is -10.6. The molecule has 0 spiro atoms. The van der Waals surface area contributed by atoms with Gasteiger partial charge >= 0.3 is 16.2 Å². The molecule has 0 saturated heterocycles. The lowest BCUT2D eigenvalue weighted by molar-refractivity contribution is 0.156. The highest BCUT2D eigenvalue weighted by atomic mass is 32.5. The fourth-order valence-electron chi connectivity index (χ4n) is 4.36. The summed E-state index contributed by atoms with van der Waals surface area (Å²) in [5, 5.41) is 0. The van der Waals surface area contributed by atoms with Gasteiger partial charge in [0, 0.05) is 11.1 Å². The summed E-state index contributed by atoms with van der Waals surface area (Å²) >= 11 is 0. The minimum absolute atomic E-state index is 0.00862. The number of hydrogen-bond donors (Lipinski definition) is 0. The van der Waals surface area contributed by atoms with E-state index in [2.05, 4.69) is 4.74 Å². The van der Waals surface area contributed by atoms with Crippen LogP contribution in [0.1, 0.15) is 23.6 Å². The van der Waals surface area contributed by atoms with Crippen molar-refractivity contribution in [2.75, 3.05) is 6.61 Å². The topological polar surface area (TPSA) is 9.23 Å². The Morgan fingerprint density at radius 1 is 0.628 bits per heavy atom. The Morgan fingerprint density at radius 2 is 1.19 bits per heavy atom.